The average molecular weight is 484 g/mol. The first-order valence-corrected chi connectivity index (χ1v) is 9.51. The minimum atomic E-state index is -5.73. The molecule has 2 aromatic heterocycles. The molecule has 0 atom stereocenters. The minimum Gasteiger partial charge on any atom is -0.460 e. The zero-order valence-electron chi connectivity index (χ0n) is 18.5. The molecule has 2 heterocycles. The molecule has 0 aromatic carbocycles. The first-order chi connectivity index (χ1) is 15.3. The van der Waals surface area contributed by atoms with E-state index in [1.807, 2.05) is 0 Å². The number of methoxy groups -OCH3 is 4. The Bertz CT molecular complexity index is 966. The van der Waals surface area contributed by atoms with Crippen LogP contribution >= 0.6 is 0 Å². The molecule has 33 heavy (non-hydrogen) atoms. The van der Waals surface area contributed by atoms with Crippen LogP contribution < -0.4 is 0 Å². The molecule has 3 rings (SSSR count). The predicted octanol–water partition coefficient (Wildman–Crippen LogP) is 5.90. The number of hydrogen-bond donors (Lipinski definition) is 0. The highest BCUT2D eigenvalue weighted by Gasteiger charge is 2.80. The molecular formula is C21H22F6O6. The number of ether oxygens (including phenoxy) is 4. The van der Waals surface area contributed by atoms with E-state index in [0.29, 0.717) is 0 Å². The zero-order chi connectivity index (χ0) is 24.9. The Kier molecular flexibility index (Phi) is 6.52. The number of hydrogen-bond acceptors (Lipinski definition) is 6. The standard InChI is InChI=1S/C21H22F6O6/c1-9-11(7-13(32-9)17(28-3)29-4)15-16(20(24,25)21(26,27)19(15,22)23)12-8-14(33-10(12)2)18(30-5)31-6/h7-8,17-18H,1-6H3. The van der Waals surface area contributed by atoms with Crippen LogP contribution in [-0.4, -0.2) is 46.2 Å². The number of allylic oxidation sites excluding steroid dienone is 2. The van der Waals surface area contributed by atoms with Crippen molar-refractivity contribution in [1.29, 1.82) is 0 Å². The number of aryl methyl sites for hydroxylation is 2. The van der Waals surface area contributed by atoms with Gasteiger partial charge in [0.2, 0.25) is 12.6 Å². The van der Waals surface area contributed by atoms with Gasteiger partial charge in [0, 0.05) is 50.7 Å². The van der Waals surface area contributed by atoms with Crippen molar-refractivity contribution < 1.29 is 54.1 Å². The first-order valence-electron chi connectivity index (χ1n) is 9.51. The quantitative estimate of drug-likeness (QED) is 0.343. The molecule has 0 bridgehead atoms. The summed E-state index contributed by atoms with van der Waals surface area (Å²) in [4.78, 5) is 0. The van der Waals surface area contributed by atoms with Gasteiger partial charge in [-0.1, -0.05) is 0 Å². The van der Waals surface area contributed by atoms with Crippen LogP contribution in [0.4, 0.5) is 26.3 Å². The molecule has 0 amide bonds. The molecule has 2 aromatic rings. The first kappa shape index (κ1) is 25.3. The Balaban J connectivity index is 2.36. The van der Waals surface area contributed by atoms with Crippen molar-refractivity contribution in [2.45, 2.75) is 44.2 Å². The second-order valence-corrected chi connectivity index (χ2v) is 7.32. The van der Waals surface area contributed by atoms with Gasteiger partial charge in [0.15, 0.2) is 11.5 Å². The summed E-state index contributed by atoms with van der Waals surface area (Å²) in [6.45, 7) is 2.35. The van der Waals surface area contributed by atoms with Gasteiger partial charge < -0.3 is 27.8 Å². The van der Waals surface area contributed by atoms with Crippen LogP contribution in [-0.2, 0) is 18.9 Å². The second-order valence-electron chi connectivity index (χ2n) is 7.32. The maximum atomic E-state index is 15.0. The van der Waals surface area contributed by atoms with E-state index in [1.165, 1.54) is 42.3 Å². The fraction of sp³-hybridized carbons (Fsp3) is 0.524. The Labute approximate surface area is 185 Å². The zero-order valence-corrected chi connectivity index (χ0v) is 18.5. The van der Waals surface area contributed by atoms with Gasteiger partial charge in [-0.25, -0.2) is 0 Å². The summed E-state index contributed by atoms with van der Waals surface area (Å²) in [5.74, 6) is -17.2. The third-order valence-electron chi connectivity index (χ3n) is 5.40. The maximum Gasteiger partial charge on any atom is 0.380 e. The maximum absolute atomic E-state index is 15.0. The van der Waals surface area contributed by atoms with Gasteiger partial charge in [-0.15, -0.1) is 0 Å². The summed E-state index contributed by atoms with van der Waals surface area (Å²) in [5.41, 5.74) is -4.45. The van der Waals surface area contributed by atoms with Crippen LogP contribution in [0.25, 0.3) is 11.1 Å². The summed E-state index contributed by atoms with van der Waals surface area (Å²) in [7, 11) is 4.89. The number of halogens is 6. The van der Waals surface area contributed by atoms with E-state index in [4.69, 9.17) is 27.8 Å². The molecule has 0 radical (unpaired) electrons. The van der Waals surface area contributed by atoms with Crippen molar-refractivity contribution in [3.63, 3.8) is 0 Å². The van der Waals surface area contributed by atoms with Crippen LogP contribution in [0, 0.1) is 13.8 Å². The van der Waals surface area contributed by atoms with Gasteiger partial charge >= 0.3 is 17.8 Å². The van der Waals surface area contributed by atoms with Gasteiger partial charge in [0.1, 0.15) is 11.5 Å². The van der Waals surface area contributed by atoms with E-state index in [-0.39, 0.29) is 23.0 Å². The molecule has 1 aliphatic rings. The third-order valence-corrected chi connectivity index (χ3v) is 5.40. The highest BCUT2D eigenvalue weighted by Crippen LogP contribution is 2.65. The molecule has 0 saturated carbocycles. The van der Waals surface area contributed by atoms with Gasteiger partial charge in [0.25, 0.3) is 0 Å². The van der Waals surface area contributed by atoms with E-state index in [9.17, 15) is 8.78 Å². The Hall–Kier alpha value is -2.28. The lowest BCUT2D eigenvalue weighted by molar-refractivity contribution is -0.254. The van der Waals surface area contributed by atoms with Crippen LogP contribution in [0.15, 0.2) is 21.0 Å². The summed E-state index contributed by atoms with van der Waals surface area (Å²) in [5, 5.41) is 0. The lowest BCUT2D eigenvalue weighted by atomic mass is 9.95. The topological polar surface area (TPSA) is 63.2 Å². The molecule has 0 unspecified atom stereocenters. The molecule has 0 N–H and O–H groups in total. The fourth-order valence-electron chi connectivity index (χ4n) is 3.83. The Morgan fingerprint density at radius 3 is 1.21 bits per heavy atom. The van der Waals surface area contributed by atoms with Crippen molar-refractivity contribution in [3.8, 4) is 0 Å². The monoisotopic (exact) mass is 484 g/mol. The summed E-state index contributed by atoms with van der Waals surface area (Å²) >= 11 is 0. The van der Waals surface area contributed by atoms with Gasteiger partial charge in [-0.2, -0.15) is 26.3 Å². The van der Waals surface area contributed by atoms with Gasteiger partial charge in [-0.3, -0.25) is 0 Å². The minimum absolute atomic E-state index is 0.169. The predicted molar refractivity (Wildman–Crippen MR) is 102 cm³/mol. The van der Waals surface area contributed by atoms with Crippen molar-refractivity contribution in [3.05, 3.63) is 46.3 Å². The van der Waals surface area contributed by atoms with E-state index in [0.717, 1.165) is 12.1 Å². The van der Waals surface area contributed by atoms with Crippen LogP contribution in [0.5, 0.6) is 0 Å². The number of furan rings is 2. The Morgan fingerprint density at radius 1 is 0.636 bits per heavy atom. The molecule has 184 valence electrons. The molecule has 6 nitrogen and oxygen atoms in total. The average Bonchev–Trinajstić information content (AvgIpc) is 3.32. The fourth-order valence-corrected chi connectivity index (χ4v) is 3.83. The Morgan fingerprint density at radius 2 is 0.939 bits per heavy atom. The molecule has 0 spiro atoms. The van der Waals surface area contributed by atoms with Crippen LogP contribution in [0.3, 0.4) is 0 Å². The summed E-state index contributed by atoms with van der Waals surface area (Å²) in [6.07, 6.45) is -2.35. The number of rotatable bonds is 8. The molecule has 0 saturated heterocycles. The molecular weight excluding hydrogens is 462 g/mol. The van der Waals surface area contributed by atoms with Crippen molar-refractivity contribution >= 4 is 11.1 Å². The van der Waals surface area contributed by atoms with E-state index >= 15 is 17.6 Å². The molecule has 1 aliphatic carbocycles. The number of alkyl halides is 6. The highest BCUT2D eigenvalue weighted by atomic mass is 19.3. The molecule has 12 heteroatoms. The molecule has 0 aliphatic heterocycles. The summed E-state index contributed by atoms with van der Waals surface area (Å²) < 4.78 is 120. The van der Waals surface area contributed by atoms with Gasteiger partial charge in [0.05, 0.1) is 0 Å². The second kappa shape index (κ2) is 8.49. The van der Waals surface area contributed by atoms with Crippen LogP contribution in [0.1, 0.15) is 46.7 Å². The van der Waals surface area contributed by atoms with E-state index in [1.54, 1.807) is 0 Å². The van der Waals surface area contributed by atoms with Gasteiger partial charge in [-0.05, 0) is 26.0 Å². The third kappa shape index (κ3) is 3.59. The smallest absolute Gasteiger partial charge is 0.380 e. The van der Waals surface area contributed by atoms with E-state index < -0.39 is 52.6 Å². The normalized spacial score (nSPS) is 19.3. The largest absolute Gasteiger partial charge is 0.460 e. The van der Waals surface area contributed by atoms with E-state index in [2.05, 4.69) is 0 Å². The highest BCUT2D eigenvalue weighted by molar-refractivity contribution is 6.01. The SMILES string of the molecule is COC(OC)c1cc(C2=C(c3cc(C(OC)OC)oc3C)C(F)(F)C(F)(F)C2(F)F)c(C)o1. The lowest BCUT2D eigenvalue weighted by Gasteiger charge is -2.25. The van der Waals surface area contributed by atoms with Crippen molar-refractivity contribution in [2.24, 2.45) is 0 Å². The lowest BCUT2D eigenvalue weighted by Crippen LogP contribution is -2.48. The summed E-state index contributed by atoms with van der Waals surface area (Å²) in [6, 6.07) is 1.83. The van der Waals surface area contributed by atoms with Crippen molar-refractivity contribution in [2.75, 3.05) is 28.4 Å². The van der Waals surface area contributed by atoms with Crippen molar-refractivity contribution in [1.82, 2.24) is 0 Å². The van der Waals surface area contributed by atoms with Crippen LogP contribution in [0.2, 0.25) is 0 Å². The molecule has 0 fully saturated rings.